The SMILES string of the molecule is O=C(NC1CCN(S(=O)(=O)c2ccc(Cl)cc2)CC1)c1cc(Cl)ccc1Cl. The van der Waals surface area contributed by atoms with Crippen LogP contribution in [0, 0.1) is 0 Å². The molecule has 3 rings (SSSR count). The molecule has 1 amide bonds. The van der Waals surface area contributed by atoms with E-state index in [0.717, 1.165) is 0 Å². The minimum Gasteiger partial charge on any atom is -0.349 e. The van der Waals surface area contributed by atoms with Crippen LogP contribution < -0.4 is 5.32 Å². The third-order valence-electron chi connectivity index (χ3n) is 4.41. The molecule has 1 heterocycles. The van der Waals surface area contributed by atoms with Gasteiger partial charge < -0.3 is 5.32 Å². The van der Waals surface area contributed by atoms with Gasteiger partial charge >= 0.3 is 0 Å². The number of halogens is 3. The van der Waals surface area contributed by atoms with Gasteiger partial charge in [-0.05, 0) is 55.3 Å². The fourth-order valence-electron chi connectivity index (χ4n) is 2.93. The van der Waals surface area contributed by atoms with Crippen LogP contribution in [0.5, 0.6) is 0 Å². The van der Waals surface area contributed by atoms with Crippen molar-refractivity contribution in [2.24, 2.45) is 0 Å². The van der Waals surface area contributed by atoms with Crippen LogP contribution in [0.15, 0.2) is 47.4 Å². The van der Waals surface area contributed by atoms with E-state index in [-0.39, 0.29) is 16.8 Å². The van der Waals surface area contributed by atoms with E-state index in [9.17, 15) is 13.2 Å². The Hall–Kier alpha value is -1.31. The first-order chi connectivity index (χ1) is 12.8. The molecule has 27 heavy (non-hydrogen) atoms. The maximum absolute atomic E-state index is 12.7. The van der Waals surface area contributed by atoms with E-state index in [1.165, 1.54) is 22.5 Å². The average molecular weight is 448 g/mol. The second-order valence-corrected chi connectivity index (χ2v) is 9.45. The molecule has 1 aliphatic heterocycles. The molecule has 0 radical (unpaired) electrons. The summed E-state index contributed by atoms with van der Waals surface area (Å²) in [6.07, 6.45) is 1.02. The molecule has 0 atom stereocenters. The molecule has 2 aromatic rings. The number of piperidine rings is 1. The van der Waals surface area contributed by atoms with Crippen LogP contribution in [0.25, 0.3) is 0 Å². The number of amides is 1. The Bertz CT molecular complexity index is 941. The highest BCUT2D eigenvalue weighted by molar-refractivity contribution is 7.89. The molecular formula is C18H17Cl3N2O3S. The van der Waals surface area contributed by atoms with Gasteiger partial charge in [-0.25, -0.2) is 8.42 Å². The fourth-order valence-corrected chi connectivity index (χ4v) is 4.90. The van der Waals surface area contributed by atoms with Gasteiger partial charge in [0.25, 0.3) is 5.91 Å². The van der Waals surface area contributed by atoms with Crippen molar-refractivity contribution in [1.29, 1.82) is 0 Å². The lowest BCUT2D eigenvalue weighted by Gasteiger charge is -2.31. The zero-order chi connectivity index (χ0) is 19.6. The lowest BCUT2D eigenvalue weighted by atomic mass is 10.1. The number of sulfonamides is 1. The maximum atomic E-state index is 12.7. The standard InChI is InChI=1S/C18H17Cl3N2O3S/c19-12-1-4-15(5-2-12)27(25,26)23-9-7-14(8-10-23)22-18(24)16-11-13(20)3-6-17(16)21/h1-6,11,14H,7-10H2,(H,22,24). The molecular weight excluding hydrogens is 431 g/mol. The quantitative estimate of drug-likeness (QED) is 0.763. The van der Waals surface area contributed by atoms with E-state index < -0.39 is 10.0 Å². The number of carbonyl (C=O) groups is 1. The van der Waals surface area contributed by atoms with Gasteiger partial charge in [0.1, 0.15) is 0 Å². The van der Waals surface area contributed by atoms with Crippen molar-refractivity contribution < 1.29 is 13.2 Å². The number of hydrogen-bond donors (Lipinski definition) is 1. The highest BCUT2D eigenvalue weighted by Gasteiger charge is 2.30. The number of nitrogens with one attached hydrogen (secondary N) is 1. The number of benzene rings is 2. The minimum atomic E-state index is -3.57. The number of carbonyl (C=O) groups excluding carboxylic acids is 1. The van der Waals surface area contributed by atoms with Gasteiger partial charge in [0.15, 0.2) is 0 Å². The monoisotopic (exact) mass is 446 g/mol. The Balaban J connectivity index is 1.62. The summed E-state index contributed by atoms with van der Waals surface area (Å²) in [4.78, 5) is 12.6. The summed E-state index contributed by atoms with van der Waals surface area (Å²) >= 11 is 17.8. The van der Waals surface area contributed by atoms with Gasteiger partial charge in [-0.2, -0.15) is 4.31 Å². The third-order valence-corrected chi connectivity index (χ3v) is 7.14. The van der Waals surface area contributed by atoms with E-state index in [1.54, 1.807) is 24.3 Å². The second kappa shape index (κ2) is 8.37. The molecule has 0 bridgehead atoms. The number of nitrogens with zero attached hydrogens (tertiary/aromatic N) is 1. The van der Waals surface area contributed by atoms with Gasteiger partial charge in [0.05, 0.1) is 15.5 Å². The van der Waals surface area contributed by atoms with E-state index in [4.69, 9.17) is 34.8 Å². The summed E-state index contributed by atoms with van der Waals surface area (Å²) in [5.41, 5.74) is 0.306. The van der Waals surface area contributed by atoms with Gasteiger partial charge in [0, 0.05) is 29.2 Å². The van der Waals surface area contributed by atoms with Gasteiger partial charge in [-0.15, -0.1) is 0 Å². The Morgan fingerprint density at radius 2 is 1.56 bits per heavy atom. The molecule has 144 valence electrons. The second-order valence-electron chi connectivity index (χ2n) is 6.23. The molecule has 2 aromatic carbocycles. The fraction of sp³-hybridized carbons (Fsp3) is 0.278. The Morgan fingerprint density at radius 1 is 0.963 bits per heavy atom. The molecule has 1 saturated heterocycles. The smallest absolute Gasteiger partial charge is 0.253 e. The normalized spacial score (nSPS) is 16.3. The third kappa shape index (κ3) is 4.76. The summed E-state index contributed by atoms with van der Waals surface area (Å²) in [6.45, 7) is 0.637. The first-order valence-electron chi connectivity index (χ1n) is 8.29. The Kier molecular flexibility index (Phi) is 6.33. The highest BCUT2D eigenvalue weighted by atomic mass is 35.5. The molecule has 1 N–H and O–H groups in total. The molecule has 9 heteroatoms. The summed E-state index contributed by atoms with van der Waals surface area (Å²) < 4.78 is 26.8. The first kappa shape index (κ1) is 20.4. The van der Waals surface area contributed by atoms with Crippen LogP contribution in [0.3, 0.4) is 0 Å². The molecule has 0 saturated carbocycles. The van der Waals surface area contributed by atoms with Crippen molar-refractivity contribution in [2.75, 3.05) is 13.1 Å². The van der Waals surface area contributed by atoms with E-state index in [0.29, 0.717) is 46.6 Å². The van der Waals surface area contributed by atoms with E-state index >= 15 is 0 Å². The van der Waals surface area contributed by atoms with Crippen molar-refractivity contribution in [3.05, 3.63) is 63.1 Å². The van der Waals surface area contributed by atoms with Crippen LogP contribution in [0.4, 0.5) is 0 Å². The van der Waals surface area contributed by atoms with Crippen molar-refractivity contribution >= 4 is 50.7 Å². The van der Waals surface area contributed by atoms with E-state index in [1.807, 2.05) is 0 Å². The summed E-state index contributed by atoms with van der Waals surface area (Å²) in [5, 5.41) is 4.13. The van der Waals surface area contributed by atoms with Crippen molar-refractivity contribution in [3.63, 3.8) is 0 Å². The van der Waals surface area contributed by atoms with Crippen molar-refractivity contribution in [2.45, 2.75) is 23.8 Å². The first-order valence-corrected chi connectivity index (χ1v) is 10.9. The van der Waals surface area contributed by atoms with Crippen LogP contribution in [0.2, 0.25) is 15.1 Å². The van der Waals surface area contributed by atoms with Gasteiger partial charge in [0.2, 0.25) is 10.0 Å². The molecule has 1 aliphatic rings. The lowest BCUT2D eigenvalue weighted by molar-refractivity contribution is 0.0924. The van der Waals surface area contributed by atoms with Crippen molar-refractivity contribution in [3.8, 4) is 0 Å². The maximum Gasteiger partial charge on any atom is 0.253 e. The number of rotatable bonds is 4. The summed E-state index contributed by atoms with van der Waals surface area (Å²) in [5.74, 6) is -0.318. The average Bonchev–Trinajstić information content (AvgIpc) is 2.64. The van der Waals surface area contributed by atoms with Crippen LogP contribution in [-0.2, 0) is 10.0 Å². The Labute approximate surface area is 173 Å². The summed E-state index contributed by atoms with van der Waals surface area (Å²) in [7, 11) is -3.57. The highest BCUT2D eigenvalue weighted by Crippen LogP contribution is 2.24. The van der Waals surface area contributed by atoms with E-state index in [2.05, 4.69) is 5.32 Å². The largest absolute Gasteiger partial charge is 0.349 e. The predicted molar refractivity (Wildman–Crippen MR) is 107 cm³/mol. The number of hydrogen-bond acceptors (Lipinski definition) is 3. The molecule has 0 spiro atoms. The van der Waals surface area contributed by atoms with Gasteiger partial charge in [-0.1, -0.05) is 34.8 Å². The minimum absolute atomic E-state index is 0.135. The van der Waals surface area contributed by atoms with Crippen LogP contribution >= 0.6 is 34.8 Å². The zero-order valence-electron chi connectivity index (χ0n) is 14.2. The van der Waals surface area contributed by atoms with Gasteiger partial charge in [-0.3, -0.25) is 4.79 Å². The zero-order valence-corrected chi connectivity index (χ0v) is 17.2. The van der Waals surface area contributed by atoms with Crippen LogP contribution in [0.1, 0.15) is 23.2 Å². The van der Waals surface area contributed by atoms with Crippen molar-refractivity contribution in [1.82, 2.24) is 9.62 Å². The molecule has 1 fully saturated rings. The lowest BCUT2D eigenvalue weighted by Crippen LogP contribution is -2.46. The molecule has 0 aliphatic carbocycles. The Morgan fingerprint density at radius 3 is 2.19 bits per heavy atom. The predicted octanol–water partition coefficient (Wildman–Crippen LogP) is 4.23. The van der Waals surface area contributed by atoms with Crippen LogP contribution in [-0.4, -0.2) is 37.8 Å². The molecule has 5 nitrogen and oxygen atoms in total. The molecule has 0 unspecified atom stereocenters. The molecule has 0 aromatic heterocycles. The summed E-state index contributed by atoms with van der Waals surface area (Å²) in [6, 6.07) is 10.6. The topological polar surface area (TPSA) is 66.5 Å².